The largest absolute Gasteiger partial charge is 0.240 e. The Hall–Kier alpha value is -0.400. The van der Waals surface area contributed by atoms with Gasteiger partial charge in [0.1, 0.15) is 12.0 Å². The minimum absolute atomic E-state index is 0.0863. The second kappa shape index (κ2) is 3.59. The first kappa shape index (κ1) is 8.60. The Labute approximate surface area is 54.6 Å². The first-order chi connectivity index (χ1) is 4.04. The summed E-state index contributed by atoms with van der Waals surface area (Å²) in [7, 11) is 0. The van der Waals surface area contributed by atoms with E-state index in [9.17, 15) is 8.78 Å². The van der Waals surface area contributed by atoms with Crippen molar-refractivity contribution in [2.45, 2.75) is 26.9 Å². The molecule has 0 aromatic rings. The normalized spacial score (nSPS) is 16.4. The molecule has 1 atom stereocenters. The summed E-state index contributed by atoms with van der Waals surface area (Å²) >= 11 is 0. The molecule has 0 fully saturated rings. The summed E-state index contributed by atoms with van der Waals surface area (Å²) in [4.78, 5) is 0. The van der Waals surface area contributed by atoms with Gasteiger partial charge in [0.25, 0.3) is 0 Å². The van der Waals surface area contributed by atoms with E-state index in [-0.39, 0.29) is 5.92 Å². The molecular weight excluding hydrogens is 122 g/mol. The Bertz CT molecular complexity index is 103. The first-order valence-electron chi connectivity index (χ1n) is 3.05. The van der Waals surface area contributed by atoms with E-state index in [0.717, 1.165) is 0 Å². The molecule has 1 unspecified atom stereocenters. The SMILES string of the molecule is CC(C)C=C(F)C(C)F. The minimum atomic E-state index is -1.45. The third-order valence-corrected chi connectivity index (χ3v) is 0.873. The Kier molecular flexibility index (Phi) is 3.43. The molecule has 0 aromatic heterocycles. The molecule has 0 saturated heterocycles. The summed E-state index contributed by atoms with van der Waals surface area (Å²) in [6.07, 6.45) is -0.169. The van der Waals surface area contributed by atoms with Gasteiger partial charge in [-0.3, -0.25) is 0 Å². The van der Waals surface area contributed by atoms with Gasteiger partial charge in [-0.1, -0.05) is 13.8 Å². The van der Waals surface area contributed by atoms with Gasteiger partial charge in [0.2, 0.25) is 0 Å². The number of alkyl halides is 1. The van der Waals surface area contributed by atoms with Gasteiger partial charge in [0.15, 0.2) is 0 Å². The van der Waals surface area contributed by atoms with Crippen LogP contribution in [0.15, 0.2) is 11.9 Å². The van der Waals surface area contributed by atoms with Crippen molar-refractivity contribution in [3.8, 4) is 0 Å². The van der Waals surface area contributed by atoms with Crippen LogP contribution in [0.1, 0.15) is 20.8 Å². The van der Waals surface area contributed by atoms with Crippen molar-refractivity contribution in [1.29, 1.82) is 0 Å². The molecule has 0 rings (SSSR count). The second-order valence-electron chi connectivity index (χ2n) is 2.41. The van der Waals surface area contributed by atoms with Crippen molar-refractivity contribution in [2.75, 3.05) is 0 Å². The molecule has 0 aromatic carbocycles. The summed E-state index contributed by atoms with van der Waals surface area (Å²) in [5.74, 6) is -0.576. The van der Waals surface area contributed by atoms with Crippen LogP contribution < -0.4 is 0 Å². The molecular formula is C7H12F2. The standard InChI is InChI=1S/C7H12F2/c1-5(2)4-7(9)6(3)8/h4-6H,1-3H3. The third-order valence-electron chi connectivity index (χ3n) is 0.873. The van der Waals surface area contributed by atoms with Gasteiger partial charge in [0, 0.05) is 0 Å². The van der Waals surface area contributed by atoms with Crippen molar-refractivity contribution < 1.29 is 8.78 Å². The monoisotopic (exact) mass is 134 g/mol. The van der Waals surface area contributed by atoms with Crippen molar-refractivity contribution in [3.05, 3.63) is 11.9 Å². The molecule has 0 heterocycles. The zero-order valence-corrected chi connectivity index (χ0v) is 5.99. The first-order valence-corrected chi connectivity index (χ1v) is 3.05. The van der Waals surface area contributed by atoms with Crippen LogP contribution in [0.2, 0.25) is 0 Å². The molecule has 0 saturated carbocycles. The number of halogens is 2. The average molecular weight is 134 g/mol. The van der Waals surface area contributed by atoms with E-state index >= 15 is 0 Å². The van der Waals surface area contributed by atoms with E-state index < -0.39 is 12.0 Å². The van der Waals surface area contributed by atoms with Crippen LogP contribution in [0, 0.1) is 5.92 Å². The Morgan fingerprint density at radius 1 is 1.33 bits per heavy atom. The molecule has 0 aliphatic carbocycles. The topological polar surface area (TPSA) is 0 Å². The van der Waals surface area contributed by atoms with Crippen LogP contribution >= 0.6 is 0 Å². The smallest absolute Gasteiger partial charge is 0.148 e. The van der Waals surface area contributed by atoms with Gasteiger partial charge in [-0.15, -0.1) is 0 Å². The molecule has 2 heteroatoms. The summed E-state index contributed by atoms with van der Waals surface area (Å²) in [5, 5.41) is 0. The molecule has 0 nitrogen and oxygen atoms in total. The summed E-state index contributed by atoms with van der Waals surface area (Å²) in [6.45, 7) is 4.80. The van der Waals surface area contributed by atoms with E-state index in [4.69, 9.17) is 0 Å². The summed E-state index contributed by atoms with van der Waals surface area (Å²) in [5.41, 5.74) is 0. The van der Waals surface area contributed by atoms with Crippen LogP contribution in [0.25, 0.3) is 0 Å². The lowest BCUT2D eigenvalue weighted by Gasteiger charge is -1.98. The lowest BCUT2D eigenvalue weighted by Crippen LogP contribution is -1.94. The lowest BCUT2D eigenvalue weighted by molar-refractivity contribution is 0.346. The van der Waals surface area contributed by atoms with Crippen LogP contribution in [0.4, 0.5) is 8.78 Å². The fraction of sp³-hybridized carbons (Fsp3) is 0.714. The molecule has 0 aliphatic rings. The average Bonchev–Trinajstić information content (AvgIpc) is 1.63. The van der Waals surface area contributed by atoms with Gasteiger partial charge in [-0.2, -0.15) is 0 Å². The van der Waals surface area contributed by atoms with Crippen molar-refractivity contribution in [3.63, 3.8) is 0 Å². The van der Waals surface area contributed by atoms with Crippen LogP contribution in [-0.2, 0) is 0 Å². The number of hydrogen-bond donors (Lipinski definition) is 0. The van der Waals surface area contributed by atoms with Crippen molar-refractivity contribution in [2.24, 2.45) is 5.92 Å². The maximum Gasteiger partial charge on any atom is 0.148 e. The van der Waals surface area contributed by atoms with Gasteiger partial charge in [-0.05, 0) is 18.9 Å². The molecule has 0 bridgehead atoms. The molecule has 0 N–H and O–H groups in total. The van der Waals surface area contributed by atoms with Crippen LogP contribution in [0.3, 0.4) is 0 Å². The van der Waals surface area contributed by atoms with Gasteiger partial charge in [-0.25, -0.2) is 8.78 Å². The molecule has 9 heavy (non-hydrogen) atoms. The van der Waals surface area contributed by atoms with E-state index in [0.29, 0.717) is 0 Å². The number of rotatable bonds is 2. The maximum atomic E-state index is 12.3. The Morgan fingerprint density at radius 3 is 1.89 bits per heavy atom. The zero-order valence-electron chi connectivity index (χ0n) is 5.99. The molecule has 0 aliphatic heterocycles. The fourth-order valence-electron chi connectivity index (χ4n) is 0.451. The van der Waals surface area contributed by atoms with E-state index in [1.807, 2.05) is 13.8 Å². The Balaban J connectivity index is 3.84. The van der Waals surface area contributed by atoms with E-state index in [1.54, 1.807) is 0 Å². The molecule has 54 valence electrons. The lowest BCUT2D eigenvalue weighted by atomic mass is 10.2. The highest BCUT2D eigenvalue weighted by molar-refractivity contribution is 4.98. The quantitative estimate of drug-likeness (QED) is 0.544. The number of hydrogen-bond acceptors (Lipinski definition) is 0. The zero-order chi connectivity index (χ0) is 7.44. The highest BCUT2D eigenvalue weighted by Gasteiger charge is 2.04. The summed E-state index contributed by atoms with van der Waals surface area (Å²) in [6, 6.07) is 0. The third kappa shape index (κ3) is 4.13. The summed E-state index contributed by atoms with van der Waals surface area (Å²) < 4.78 is 24.3. The highest BCUT2D eigenvalue weighted by atomic mass is 19.2. The Morgan fingerprint density at radius 2 is 1.78 bits per heavy atom. The van der Waals surface area contributed by atoms with Gasteiger partial charge >= 0.3 is 0 Å². The maximum absolute atomic E-state index is 12.3. The predicted octanol–water partition coefficient (Wildman–Crippen LogP) is 2.85. The van der Waals surface area contributed by atoms with Crippen molar-refractivity contribution in [1.82, 2.24) is 0 Å². The molecule has 0 spiro atoms. The van der Waals surface area contributed by atoms with Crippen LogP contribution in [-0.4, -0.2) is 6.17 Å². The molecule has 0 radical (unpaired) electrons. The van der Waals surface area contributed by atoms with E-state index in [2.05, 4.69) is 0 Å². The minimum Gasteiger partial charge on any atom is -0.240 e. The molecule has 0 amide bonds. The van der Waals surface area contributed by atoms with Gasteiger partial charge in [0.05, 0.1) is 0 Å². The van der Waals surface area contributed by atoms with Crippen molar-refractivity contribution >= 4 is 0 Å². The predicted molar refractivity (Wildman–Crippen MR) is 34.6 cm³/mol. The van der Waals surface area contributed by atoms with Gasteiger partial charge < -0.3 is 0 Å². The number of allylic oxidation sites excluding steroid dienone is 2. The van der Waals surface area contributed by atoms with Crippen LogP contribution in [0.5, 0.6) is 0 Å². The highest BCUT2D eigenvalue weighted by Crippen LogP contribution is 2.10. The van der Waals surface area contributed by atoms with E-state index in [1.165, 1.54) is 13.0 Å². The fourth-order valence-corrected chi connectivity index (χ4v) is 0.451. The second-order valence-corrected chi connectivity index (χ2v) is 2.41.